The molecule has 1 aliphatic heterocycles. The third kappa shape index (κ3) is 3.79. The molecule has 0 saturated carbocycles. The minimum absolute atomic E-state index is 0.0695. The van der Waals surface area contributed by atoms with Gasteiger partial charge in [-0.05, 0) is 62.7 Å². The molecule has 1 fully saturated rings. The van der Waals surface area contributed by atoms with E-state index in [2.05, 4.69) is 39.5 Å². The third-order valence-electron chi connectivity index (χ3n) is 4.98. The van der Waals surface area contributed by atoms with Crippen LogP contribution in [0, 0.1) is 0 Å². The van der Waals surface area contributed by atoms with E-state index in [4.69, 9.17) is 0 Å². The summed E-state index contributed by atoms with van der Waals surface area (Å²) in [6.07, 6.45) is 3.20. The first kappa shape index (κ1) is 17.2. The molecule has 1 unspecified atom stereocenters. The zero-order chi connectivity index (χ0) is 17.9. The Morgan fingerprint density at radius 3 is 2.62 bits per heavy atom. The summed E-state index contributed by atoms with van der Waals surface area (Å²) in [7, 11) is 0. The summed E-state index contributed by atoms with van der Waals surface area (Å²) in [5.41, 5.74) is 3.12. The van der Waals surface area contributed by atoms with Crippen LogP contribution in [0.3, 0.4) is 0 Å². The Balaban J connectivity index is 1.39. The Labute approximate surface area is 157 Å². The molecular formula is C21H23N3OS. The molecule has 4 rings (SSSR count). The summed E-state index contributed by atoms with van der Waals surface area (Å²) >= 11 is 1.74. The predicted molar refractivity (Wildman–Crippen MR) is 108 cm³/mol. The number of para-hydroxylation sites is 1. The van der Waals surface area contributed by atoms with Gasteiger partial charge in [-0.3, -0.25) is 9.69 Å². The Kier molecular flexibility index (Phi) is 5.00. The van der Waals surface area contributed by atoms with Gasteiger partial charge in [0.1, 0.15) is 0 Å². The number of fused-ring (bicyclic) bond motifs is 1. The molecule has 1 atom stereocenters. The summed E-state index contributed by atoms with van der Waals surface area (Å²) < 4.78 is 1.22. The number of hydrogen-bond donors (Lipinski definition) is 1. The quantitative estimate of drug-likeness (QED) is 0.733. The maximum Gasteiger partial charge on any atom is 0.241 e. The number of anilines is 1. The Bertz CT molecular complexity index is 864. The summed E-state index contributed by atoms with van der Waals surface area (Å²) in [5, 5.41) is 4.15. The van der Waals surface area contributed by atoms with Gasteiger partial charge in [-0.1, -0.05) is 24.3 Å². The Morgan fingerprint density at radius 2 is 1.88 bits per heavy atom. The predicted octanol–water partition coefficient (Wildman–Crippen LogP) is 4.31. The largest absolute Gasteiger partial charge is 0.325 e. The summed E-state index contributed by atoms with van der Waals surface area (Å²) in [6.45, 7) is 4.04. The van der Waals surface area contributed by atoms with Gasteiger partial charge in [0.15, 0.2) is 0 Å². The minimum Gasteiger partial charge on any atom is -0.325 e. The van der Waals surface area contributed by atoms with Crippen LogP contribution in [0.4, 0.5) is 5.69 Å². The molecule has 134 valence electrons. The number of hydrogen-bond acceptors (Lipinski definition) is 4. The summed E-state index contributed by atoms with van der Waals surface area (Å²) in [4.78, 5) is 19.3. The van der Waals surface area contributed by atoms with Gasteiger partial charge in [0, 0.05) is 12.1 Å². The highest BCUT2D eigenvalue weighted by atomic mass is 32.1. The van der Waals surface area contributed by atoms with Crippen LogP contribution < -0.4 is 5.32 Å². The van der Waals surface area contributed by atoms with Crippen molar-refractivity contribution < 1.29 is 4.79 Å². The molecule has 1 saturated heterocycles. The average molecular weight is 366 g/mol. The molecule has 3 aromatic rings. The number of rotatable bonds is 5. The van der Waals surface area contributed by atoms with Crippen LogP contribution in [0.25, 0.3) is 10.2 Å². The number of benzene rings is 2. The lowest BCUT2D eigenvalue weighted by Crippen LogP contribution is -2.40. The Morgan fingerprint density at radius 1 is 1.15 bits per heavy atom. The second kappa shape index (κ2) is 7.56. The highest BCUT2D eigenvalue weighted by Crippen LogP contribution is 2.24. The SMILES string of the molecule is CC(C(=O)Nc1ccc(Cc2nc3ccccc3s2)cc1)N1CCCC1. The van der Waals surface area contributed by atoms with Gasteiger partial charge in [-0.15, -0.1) is 11.3 Å². The van der Waals surface area contributed by atoms with Crippen molar-refractivity contribution in [2.24, 2.45) is 0 Å². The number of carbonyl (C=O) groups is 1. The highest BCUT2D eigenvalue weighted by Gasteiger charge is 2.23. The van der Waals surface area contributed by atoms with Crippen molar-refractivity contribution in [3.8, 4) is 0 Å². The molecule has 0 spiro atoms. The molecule has 0 bridgehead atoms. The van der Waals surface area contributed by atoms with E-state index in [1.807, 2.05) is 31.2 Å². The van der Waals surface area contributed by atoms with E-state index in [0.717, 1.165) is 35.7 Å². The van der Waals surface area contributed by atoms with Crippen LogP contribution in [-0.2, 0) is 11.2 Å². The van der Waals surface area contributed by atoms with Gasteiger partial charge in [-0.2, -0.15) is 0 Å². The zero-order valence-corrected chi connectivity index (χ0v) is 15.8. The van der Waals surface area contributed by atoms with Crippen molar-refractivity contribution >= 4 is 33.1 Å². The smallest absolute Gasteiger partial charge is 0.241 e. The lowest BCUT2D eigenvalue weighted by Gasteiger charge is -2.22. The molecule has 26 heavy (non-hydrogen) atoms. The first-order chi connectivity index (χ1) is 12.7. The molecule has 1 N–H and O–H groups in total. The lowest BCUT2D eigenvalue weighted by atomic mass is 10.1. The standard InChI is InChI=1S/C21H23N3OS/c1-15(24-12-4-5-13-24)21(25)22-17-10-8-16(9-11-17)14-20-23-18-6-2-3-7-19(18)26-20/h2-3,6-11,15H,4-5,12-14H2,1H3,(H,22,25). The van der Waals surface area contributed by atoms with Crippen molar-refractivity contribution in [2.75, 3.05) is 18.4 Å². The van der Waals surface area contributed by atoms with Gasteiger partial charge in [0.25, 0.3) is 0 Å². The van der Waals surface area contributed by atoms with Crippen molar-refractivity contribution in [1.82, 2.24) is 9.88 Å². The second-order valence-electron chi connectivity index (χ2n) is 6.86. The number of aromatic nitrogens is 1. The van der Waals surface area contributed by atoms with E-state index >= 15 is 0 Å². The molecule has 1 aliphatic rings. The number of amides is 1. The molecule has 5 heteroatoms. The summed E-state index contributed by atoms with van der Waals surface area (Å²) in [6, 6.07) is 16.3. The van der Waals surface area contributed by atoms with Gasteiger partial charge in [0.05, 0.1) is 21.3 Å². The van der Waals surface area contributed by atoms with Crippen LogP contribution in [0.2, 0.25) is 0 Å². The van der Waals surface area contributed by atoms with Crippen molar-refractivity contribution in [3.63, 3.8) is 0 Å². The van der Waals surface area contributed by atoms with Crippen molar-refractivity contribution in [3.05, 3.63) is 59.1 Å². The molecule has 2 heterocycles. The van der Waals surface area contributed by atoms with Crippen LogP contribution in [0.5, 0.6) is 0 Å². The minimum atomic E-state index is -0.0695. The van der Waals surface area contributed by atoms with Crippen LogP contribution in [-0.4, -0.2) is 34.9 Å². The fourth-order valence-electron chi connectivity index (χ4n) is 3.42. The first-order valence-corrected chi connectivity index (χ1v) is 9.99. The van der Waals surface area contributed by atoms with Crippen LogP contribution >= 0.6 is 11.3 Å². The van der Waals surface area contributed by atoms with Crippen molar-refractivity contribution in [2.45, 2.75) is 32.2 Å². The average Bonchev–Trinajstić information content (AvgIpc) is 3.31. The number of thiazole rings is 1. The maximum absolute atomic E-state index is 12.4. The van der Waals surface area contributed by atoms with Crippen molar-refractivity contribution in [1.29, 1.82) is 0 Å². The highest BCUT2D eigenvalue weighted by molar-refractivity contribution is 7.18. The second-order valence-corrected chi connectivity index (χ2v) is 7.97. The molecule has 0 aliphatic carbocycles. The first-order valence-electron chi connectivity index (χ1n) is 9.17. The molecular weight excluding hydrogens is 342 g/mol. The van der Waals surface area contributed by atoms with E-state index in [9.17, 15) is 4.79 Å². The maximum atomic E-state index is 12.4. The lowest BCUT2D eigenvalue weighted by molar-refractivity contribution is -0.120. The normalized spacial score (nSPS) is 16.0. The monoisotopic (exact) mass is 365 g/mol. The number of carbonyl (C=O) groups excluding carboxylic acids is 1. The van der Waals surface area contributed by atoms with Crippen LogP contribution in [0.15, 0.2) is 48.5 Å². The number of nitrogens with zero attached hydrogens (tertiary/aromatic N) is 2. The fraction of sp³-hybridized carbons (Fsp3) is 0.333. The van der Waals surface area contributed by atoms with E-state index in [0.29, 0.717) is 0 Å². The molecule has 1 amide bonds. The van der Waals surface area contributed by atoms with E-state index < -0.39 is 0 Å². The van der Waals surface area contributed by atoms with E-state index in [-0.39, 0.29) is 11.9 Å². The summed E-state index contributed by atoms with van der Waals surface area (Å²) in [5.74, 6) is 0.0748. The topological polar surface area (TPSA) is 45.2 Å². The molecule has 2 aromatic carbocycles. The fourth-order valence-corrected chi connectivity index (χ4v) is 4.42. The Hall–Kier alpha value is -2.24. The molecule has 1 aromatic heterocycles. The molecule has 4 nitrogen and oxygen atoms in total. The number of nitrogens with one attached hydrogen (secondary N) is 1. The molecule has 0 radical (unpaired) electrons. The van der Waals surface area contributed by atoms with Gasteiger partial charge < -0.3 is 5.32 Å². The van der Waals surface area contributed by atoms with E-state index in [1.54, 1.807) is 11.3 Å². The third-order valence-corrected chi connectivity index (χ3v) is 6.02. The van der Waals surface area contributed by atoms with Gasteiger partial charge in [0.2, 0.25) is 5.91 Å². The zero-order valence-electron chi connectivity index (χ0n) is 14.9. The van der Waals surface area contributed by atoms with Gasteiger partial charge in [-0.25, -0.2) is 4.98 Å². The van der Waals surface area contributed by atoms with Crippen LogP contribution in [0.1, 0.15) is 30.3 Å². The number of likely N-dealkylation sites (tertiary alicyclic amines) is 1. The van der Waals surface area contributed by atoms with Gasteiger partial charge >= 0.3 is 0 Å². The van der Waals surface area contributed by atoms with E-state index in [1.165, 1.54) is 23.1 Å².